The summed E-state index contributed by atoms with van der Waals surface area (Å²) in [7, 11) is 1.65. The zero-order chi connectivity index (χ0) is 17.8. The molecule has 1 aromatic carbocycles. The minimum absolute atomic E-state index is 0.0526. The van der Waals surface area contributed by atoms with Gasteiger partial charge in [-0.2, -0.15) is 0 Å². The fraction of sp³-hybridized carbons (Fsp3) is 0.550. The Morgan fingerprint density at radius 1 is 1.44 bits per heavy atom. The topological polar surface area (TPSA) is 63.4 Å². The number of aromatic nitrogens is 1. The second-order valence-electron chi connectivity index (χ2n) is 7.19. The van der Waals surface area contributed by atoms with Crippen molar-refractivity contribution in [3.05, 3.63) is 30.0 Å². The lowest BCUT2D eigenvalue weighted by atomic mass is 9.87. The summed E-state index contributed by atoms with van der Waals surface area (Å²) >= 11 is 0. The summed E-state index contributed by atoms with van der Waals surface area (Å²) < 4.78 is 11.2. The van der Waals surface area contributed by atoms with E-state index in [-0.39, 0.29) is 12.0 Å². The third-order valence-corrected chi connectivity index (χ3v) is 5.04. The number of hydrogen-bond acceptors (Lipinski definition) is 3. The predicted octanol–water partition coefficient (Wildman–Crippen LogP) is 3.29. The Bertz CT molecular complexity index is 723. The Balaban J connectivity index is 1.61. The van der Waals surface area contributed by atoms with Crippen LogP contribution in [0.1, 0.15) is 32.3 Å². The van der Waals surface area contributed by atoms with Crippen molar-refractivity contribution in [2.24, 2.45) is 11.8 Å². The van der Waals surface area contributed by atoms with E-state index >= 15 is 0 Å². The first kappa shape index (κ1) is 17.8. The van der Waals surface area contributed by atoms with Crippen LogP contribution in [-0.2, 0) is 16.0 Å². The molecule has 3 rings (SSSR count). The van der Waals surface area contributed by atoms with Crippen LogP contribution in [0.3, 0.4) is 0 Å². The minimum Gasteiger partial charge on any atom is -0.497 e. The number of hydrogen-bond donors (Lipinski definition) is 2. The lowest BCUT2D eigenvalue weighted by Gasteiger charge is -2.34. The third kappa shape index (κ3) is 4.15. The number of carbonyl (C=O) groups is 1. The van der Waals surface area contributed by atoms with Gasteiger partial charge in [0.1, 0.15) is 5.75 Å². The van der Waals surface area contributed by atoms with E-state index in [0.29, 0.717) is 24.8 Å². The first-order valence-electron chi connectivity index (χ1n) is 9.10. The first-order valence-corrected chi connectivity index (χ1v) is 9.10. The van der Waals surface area contributed by atoms with E-state index in [0.717, 1.165) is 41.7 Å². The highest BCUT2D eigenvalue weighted by molar-refractivity contribution is 5.89. The van der Waals surface area contributed by atoms with Crippen LogP contribution in [-0.4, -0.2) is 37.3 Å². The highest BCUT2D eigenvalue weighted by atomic mass is 16.5. The van der Waals surface area contributed by atoms with Gasteiger partial charge >= 0.3 is 0 Å². The highest BCUT2D eigenvalue weighted by Crippen LogP contribution is 2.26. The third-order valence-electron chi connectivity index (χ3n) is 5.04. The smallest absolute Gasteiger partial charge is 0.224 e. The van der Waals surface area contributed by atoms with Gasteiger partial charge in [0, 0.05) is 36.2 Å². The van der Waals surface area contributed by atoms with Gasteiger partial charge in [-0.1, -0.05) is 13.8 Å². The van der Waals surface area contributed by atoms with E-state index in [2.05, 4.69) is 24.1 Å². The molecule has 5 heteroatoms. The molecule has 0 bridgehead atoms. The van der Waals surface area contributed by atoms with Gasteiger partial charge in [-0.25, -0.2) is 0 Å². The van der Waals surface area contributed by atoms with E-state index < -0.39 is 0 Å². The van der Waals surface area contributed by atoms with Gasteiger partial charge in [-0.3, -0.25) is 4.79 Å². The average molecular weight is 344 g/mol. The Labute approximate surface area is 149 Å². The second kappa shape index (κ2) is 7.91. The number of carbonyl (C=O) groups excluding carboxylic acids is 1. The Hall–Kier alpha value is -2.01. The largest absolute Gasteiger partial charge is 0.497 e. The maximum absolute atomic E-state index is 12.4. The summed E-state index contributed by atoms with van der Waals surface area (Å²) in [6.07, 6.45) is 4.71. The van der Waals surface area contributed by atoms with Crippen molar-refractivity contribution in [2.75, 3.05) is 20.3 Å². The van der Waals surface area contributed by atoms with Gasteiger partial charge in [0.2, 0.25) is 5.91 Å². The quantitative estimate of drug-likeness (QED) is 0.845. The standard InChI is InChI=1S/C20H28N2O3/c1-13(2)20-14(5-4-8-25-20)11-22-19(23)9-15-12-21-18-7-6-16(24-3)10-17(15)18/h6-7,10,12-14,20-21H,4-5,8-9,11H2,1-3H3,(H,22,23)/t14-,20+/m0/s1. The Morgan fingerprint density at radius 2 is 2.28 bits per heavy atom. The van der Waals surface area contributed by atoms with Crippen LogP contribution in [0.15, 0.2) is 24.4 Å². The monoisotopic (exact) mass is 344 g/mol. The maximum atomic E-state index is 12.4. The first-order chi connectivity index (χ1) is 12.1. The molecule has 2 N–H and O–H groups in total. The fourth-order valence-corrected chi connectivity index (χ4v) is 3.73. The van der Waals surface area contributed by atoms with Crippen molar-refractivity contribution >= 4 is 16.8 Å². The SMILES string of the molecule is COc1ccc2[nH]cc(CC(=O)NC[C@@H]3CCCO[C@@H]3C(C)C)c2c1. The molecule has 1 fully saturated rings. The van der Waals surface area contributed by atoms with Gasteiger partial charge in [0.15, 0.2) is 0 Å². The van der Waals surface area contributed by atoms with E-state index in [9.17, 15) is 4.79 Å². The van der Waals surface area contributed by atoms with Gasteiger partial charge in [0.25, 0.3) is 0 Å². The summed E-state index contributed by atoms with van der Waals surface area (Å²) in [5, 5.41) is 4.14. The zero-order valence-electron chi connectivity index (χ0n) is 15.3. The predicted molar refractivity (Wildman–Crippen MR) is 98.9 cm³/mol. The summed E-state index contributed by atoms with van der Waals surface area (Å²) in [6, 6.07) is 5.86. The number of benzene rings is 1. The molecule has 136 valence electrons. The van der Waals surface area contributed by atoms with E-state index in [1.807, 2.05) is 24.4 Å². The number of nitrogens with one attached hydrogen (secondary N) is 2. The molecule has 1 aromatic heterocycles. The van der Waals surface area contributed by atoms with Crippen molar-refractivity contribution in [3.63, 3.8) is 0 Å². The molecule has 0 aliphatic carbocycles. The zero-order valence-corrected chi connectivity index (χ0v) is 15.3. The molecule has 0 unspecified atom stereocenters. The summed E-state index contributed by atoms with van der Waals surface area (Å²) in [5.41, 5.74) is 2.01. The van der Waals surface area contributed by atoms with Crippen LogP contribution < -0.4 is 10.1 Å². The lowest BCUT2D eigenvalue weighted by molar-refractivity contribution is -0.121. The Kier molecular flexibility index (Phi) is 5.63. The summed E-state index contributed by atoms with van der Waals surface area (Å²) in [4.78, 5) is 15.6. The van der Waals surface area contributed by atoms with Crippen LogP contribution in [0.5, 0.6) is 5.75 Å². The summed E-state index contributed by atoms with van der Waals surface area (Å²) in [5.74, 6) is 1.73. The average Bonchev–Trinajstić information content (AvgIpc) is 3.02. The maximum Gasteiger partial charge on any atom is 0.224 e. The Morgan fingerprint density at radius 3 is 3.04 bits per heavy atom. The molecule has 5 nitrogen and oxygen atoms in total. The van der Waals surface area contributed by atoms with Gasteiger partial charge in [0.05, 0.1) is 19.6 Å². The molecule has 0 spiro atoms. The minimum atomic E-state index is 0.0526. The van der Waals surface area contributed by atoms with Crippen molar-refractivity contribution < 1.29 is 14.3 Å². The molecule has 1 aliphatic rings. The van der Waals surface area contributed by atoms with Crippen LogP contribution in [0, 0.1) is 11.8 Å². The number of ether oxygens (including phenoxy) is 2. The van der Waals surface area contributed by atoms with Crippen molar-refractivity contribution in [2.45, 2.75) is 39.2 Å². The molecule has 2 atom stereocenters. The van der Waals surface area contributed by atoms with E-state index in [1.54, 1.807) is 7.11 Å². The van der Waals surface area contributed by atoms with Crippen LogP contribution in [0.25, 0.3) is 10.9 Å². The molecule has 0 saturated carbocycles. The van der Waals surface area contributed by atoms with Crippen LogP contribution in [0.4, 0.5) is 0 Å². The molecule has 2 heterocycles. The normalized spacial score (nSPS) is 20.8. The molecule has 1 aliphatic heterocycles. The number of fused-ring (bicyclic) bond motifs is 1. The van der Waals surface area contributed by atoms with Crippen molar-refractivity contribution in [3.8, 4) is 5.75 Å². The molecule has 25 heavy (non-hydrogen) atoms. The number of aromatic amines is 1. The van der Waals surface area contributed by atoms with Gasteiger partial charge in [-0.15, -0.1) is 0 Å². The van der Waals surface area contributed by atoms with Crippen molar-refractivity contribution in [1.82, 2.24) is 10.3 Å². The molecular formula is C20H28N2O3. The number of rotatable bonds is 6. The number of methoxy groups -OCH3 is 1. The number of H-pyrrole nitrogens is 1. The molecule has 1 saturated heterocycles. The molecule has 0 radical (unpaired) electrons. The van der Waals surface area contributed by atoms with Gasteiger partial charge in [-0.05, 0) is 42.5 Å². The van der Waals surface area contributed by atoms with Gasteiger partial charge < -0.3 is 19.8 Å². The molecule has 2 aromatic rings. The van der Waals surface area contributed by atoms with Crippen LogP contribution >= 0.6 is 0 Å². The van der Waals surface area contributed by atoms with Crippen LogP contribution in [0.2, 0.25) is 0 Å². The highest BCUT2D eigenvalue weighted by Gasteiger charge is 2.28. The van der Waals surface area contributed by atoms with E-state index in [4.69, 9.17) is 9.47 Å². The molecule has 1 amide bonds. The molecular weight excluding hydrogens is 316 g/mol. The number of amides is 1. The van der Waals surface area contributed by atoms with E-state index in [1.165, 1.54) is 0 Å². The lowest BCUT2D eigenvalue weighted by Crippen LogP contribution is -2.41. The second-order valence-corrected chi connectivity index (χ2v) is 7.19. The fourth-order valence-electron chi connectivity index (χ4n) is 3.73. The summed E-state index contributed by atoms with van der Waals surface area (Å²) in [6.45, 7) is 5.89. The van der Waals surface area contributed by atoms with Crippen molar-refractivity contribution in [1.29, 1.82) is 0 Å².